The third-order valence-electron chi connectivity index (χ3n) is 3.87. The third kappa shape index (κ3) is 2.65. The lowest BCUT2D eigenvalue weighted by molar-refractivity contribution is 0.480. The van der Waals surface area contributed by atoms with E-state index >= 15 is 0 Å². The van der Waals surface area contributed by atoms with Gasteiger partial charge in [0, 0.05) is 17.7 Å². The monoisotopic (exact) mass is 233 g/mol. The molecule has 0 bridgehead atoms. The van der Waals surface area contributed by atoms with Crippen LogP contribution in [0.25, 0.3) is 0 Å². The molecule has 0 amide bonds. The van der Waals surface area contributed by atoms with E-state index in [4.69, 9.17) is 0 Å². The first-order valence-corrected chi connectivity index (χ1v) is 6.80. The normalized spacial score (nSPS) is 18.5. The molecule has 1 aliphatic rings. The topological polar surface area (TPSA) is 37.8 Å². The van der Waals surface area contributed by atoms with Gasteiger partial charge in [0.2, 0.25) is 0 Å². The molecule has 1 heterocycles. The minimum atomic E-state index is 0.463. The highest BCUT2D eigenvalue weighted by Gasteiger charge is 2.22. The minimum Gasteiger partial charge on any atom is -0.314 e. The van der Waals surface area contributed by atoms with Crippen LogP contribution in [0.1, 0.15) is 56.5 Å². The summed E-state index contributed by atoms with van der Waals surface area (Å²) < 4.78 is 0. The number of nitrogens with one attached hydrogen (secondary N) is 1. The Morgan fingerprint density at radius 3 is 2.76 bits per heavy atom. The van der Waals surface area contributed by atoms with Crippen molar-refractivity contribution >= 4 is 0 Å². The first-order chi connectivity index (χ1) is 8.24. The maximum Gasteiger partial charge on any atom is 0.115 e. The van der Waals surface area contributed by atoms with Gasteiger partial charge >= 0.3 is 0 Å². The molecule has 1 N–H and O–H groups in total. The zero-order chi connectivity index (χ0) is 12.3. The molecule has 1 aliphatic carbocycles. The van der Waals surface area contributed by atoms with E-state index in [1.807, 2.05) is 0 Å². The Kier molecular flexibility index (Phi) is 4.11. The van der Waals surface area contributed by atoms with Gasteiger partial charge in [0.25, 0.3) is 0 Å². The molecule has 1 aromatic rings. The first-order valence-electron chi connectivity index (χ1n) is 6.80. The van der Waals surface area contributed by atoms with Crippen LogP contribution in [-0.4, -0.2) is 22.6 Å². The van der Waals surface area contributed by atoms with E-state index in [0.29, 0.717) is 12.0 Å². The average Bonchev–Trinajstić information content (AvgIpc) is 2.37. The second-order valence-electron chi connectivity index (χ2n) is 5.03. The second kappa shape index (κ2) is 5.58. The smallest absolute Gasteiger partial charge is 0.115 e. The molecule has 2 unspecified atom stereocenters. The SMILES string of the molecule is CCNC(C)C(C)c1ncnc2c1CCCC2. The van der Waals surface area contributed by atoms with E-state index in [-0.39, 0.29) is 0 Å². The lowest BCUT2D eigenvalue weighted by Gasteiger charge is -2.25. The van der Waals surface area contributed by atoms with E-state index in [1.165, 1.54) is 29.8 Å². The molecule has 0 aliphatic heterocycles. The Hall–Kier alpha value is -0.960. The summed E-state index contributed by atoms with van der Waals surface area (Å²) in [6, 6.07) is 0.473. The van der Waals surface area contributed by atoms with Gasteiger partial charge < -0.3 is 5.32 Å². The fraction of sp³-hybridized carbons (Fsp3) is 0.714. The van der Waals surface area contributed by atoms with E-state index < -0.39 is 0 Å². The van der Waals surface area contributed by atoms with Crippen molar-refractivity contribution in [3.05, 3.63) is 23.3 Å². The molecular weight excluding hydrogens is 210 g/mol. The predicted molar refractivity (Wildman–Crippen MR) is 70.2 cm³/mol. The summed E-state index contributed by atoms with van der Waals surface area (Å²) in [5.41, 5.74) is 3.98. The minimum absolute atomic E-state index is 0.463. The number of rotatable bonds is 4. The largest absolute Gasteiger partial charge is 0.314 e. The second-order valence-corrected chi connectivity index (χ2v) is 5.03. The molecule has 0 spiro atoms. The Balaban J connectivity index is 2.25. The van der Waals surface area contributed by atoms with Gasteiger partial charge in [-0.3, -0.25) is 0 Å². The van der Waals surface area contributed by atoms with Crippen molar-refractivity contribution in [1.82, 2.24) is 15.3 Å². The highest BCUT2D eigenvalue weighted by molar-refractivity contribution is 5.30. The fourth-order valence-corrected chi connectivity index (χ4v) is 2.67. The van der Waals surface area contributed by atoms with Gasteiger partial charge in [-0.15, -0.1) is 0 Å². The molecule has 0 saturated heterocycles. The van der Waals surface area contributed by atoms with E-state index in [0.717, 1.165) is 19.4 Å². The van der Waals surface area contributed by atoms with Crippen molar-refractivity contribution in [2.24, 2.45) is 0 Å². The van der Waals surface area contributed by atoms with Gasteiger partial charge in [-0.05, 0) is 44.7 Å². The molecule has 3 nitrogen and oxygen atoms in total. The van der Waals surface area contributed by atoms with Gasteiger partial charge in [0.1, 0.15) is 6.33 Å². The molecule has 2 rings (SSSR count). The van der Waals surface area contributed by atoms with Gasteiger partial charge in [-0.25, -0.2) is 9.97 Å². The number of fused-ring (bicyclic) bond motifs is 1. The molecule has 0 aromatic carbocycles. The van der Waals surface area contributed by atoms with Crippen LogP contribution in [0.5, 0.6) is 0 Å². The van der Waals surface area contributed by atoms with Crippen molar-refractivity contribution in [1.29, 1.82) is 0 Å². The molecule has 0 radical (unpaired) electrons. The van der Waals surface area contributed by atoms with Crippen LogP contribution in [0.2, 0.25) is 0 Å². The van der Waals surface area contributed by atoms with Crippen LogP contribution in [-0.2, 0) is 12.8 Å². The molecule has 0 fully saturated rings. The van der Waals surface area contributed by atoms with Crippen LogP contribution in [0.4, 0.5) is 0 Å². The first kappa shape index (κ1) is 12.5. The summed E-state index contributed by atoms with van der Waals surface area (Å²) in [7, 11) is 0. The van der Waals surface area contributed by atoms with Crippen LogP contribution >= 0.6 is 0 Å². The number of aromatic nitrogens is 2. The third-order valence-corrected chi connectivity index (χ3v) is 3.87. The van der Waals surface area contributed by atoms with Crippen LogP contribution < -0.4 is 5.32 Å². The zero-order valence-corrected chi connectivity index (χ0v) is 11.2. The molecular formula is C14H23N3. The van der Waals surface area contributed by atoms with Gasteiger partial charge in [0.05, 0.1) is 5.69 Å². The van der Waals surface area contributed by atoms with Crippen LogP contribution in [0, 0.1) is 0 Å². The van der Waals surface area contributed by atoms with E-state index in [1.54, 1.807) is 6.33 Å². The van der Waals surface area contributed by atoms with Gasteiger partial charge in [0.15, 0.2) is 0 Å². The van der Waals surface area contributed by atoms with Crippen molar-refractivity contribution in [2.75, 3.05) is 6.54 Å². The average molecular weight is 233 g/mol. The van der Waals surface area contributed by atoms with Crippen molar-refractivity contribution in [2.45, 2.75) is 58.4 Å². The Labute approximate surface area is 104 Å². The Bertz CT molecular complexity index is 376. The number of likely N-dealkylation sites (N-methyl/N-ethyl adjacent to an activating group) is 1. The Morgan fingerprint density at radius 2 is 2.00 bits per heavy atom. The number of hydrogen-bond donors (Lipinski definition) is 1. The number of hydrogen-bond acceptors (Lipinski definition) is 3. The lowest BCUT2D eigenvalue weighted by atomic mass is 9.88. The van der Waals surface area contributed by atoms with E-state index in [9.17, 15) is 0 Å². The van der Waals surface area contributed by atoms with Crippen molar-refractivity contribution in [3.8, 4) is 0 Å². The highest BCUT2D eigenvalue weighted by atomic mass is 14.9. The predicted octanol–water partition coefficient (Wildman–Crippen LogP) is 2.46. The fourth-order valence-electron chi connectivity index (χ4n) is 2.67. The zero-order valence-electron chi connectivity index (χ0n) is 11.2. The summed E-state index contributed by atoms with van der Waals surface area (Å²) in [4.78, 5) is 8.98. The summed E-state index contributed by atoms with van der Waals surface area (Å²) in [6.45, 7) is 7.67. The van der Waals surface area contributed by atoms with Crippen LogP contribution in [0.3, 0.4) is 0 Å². The maximum atomic E-state index is 4.54. The summed E-state index contributed by atoms with van der Waals surface area (Å²) >= 11 is 0. The quantitative estimate of drug-likeness (QED) is 0.868. The van der Waals surface area contributed by atoms with Crippen molar-refractivity contribution in [3.63, 3.8) is 0 Å². The summed E-state index contributed by atoms with van der Waals surface area (Å²) in [6.07, 6.45) is 6.60. The lowest BCUT2D eigenvalue weighted by Crippen LogP contribution is -2.32. The van der Waals surface area contributed by atoms with Crippen LogP contribution in [0.15, 0.2) is 6.33 Å². The molecule has 2 atom stereocenters. The molecule has 0 saturated carbocycles. The van der Waals surface area contributed by atoms with Gasteiger partial charge in [-0.1, -0.05) is 13.8 Å². The van der Waals surface area contributed by atoms with Gasteiger partial charge in [-0.2, -0.15) is 0 Å². The molecule has 94 valence electrons. The molecule has 3 heteroatoms. The Morgan fingerprint density at radius 1 is 1.24 bits per heavy atom. The van der Waals surface area contributed by atoms with Crippen molar-refractivity contribution < 1.29 is 0 Å². The number of nitrogens with zero attached hydrogens (tertiary/aromatic N) is 2. The molecule has 17 heavy (non-hydrogen) atoms. The number of aryl methyl sites for hydroxylation is 1. The van der Waals surface area contributed by atoms with E-state index in [2.05, 4.69) is 36.1 Å². The standard InChI is InChI=1S/C14H23N3/c1-4-15-11(3)10(2)14-12-7-5-6-8-13(12)16-9-17-14/h9-11,15H,4-8H2,1-3H3. The molecule has 1 aromatic heterocycles. The summed E-state index contributed by atoms with van der Waals surface area (Å²) in [5.74, 6) is 0.463. The summed E-state index contributed by atoms with van der Waals surface area (Å²) in [5, 5.41) is 3.49. The highest BCUT2D eigenvalue weighted by Crippen LogP contribution is 2.27. The maximum absolute atomic E-state index is 4.54.